The molecule has 3 rings (SSSR count). The molecule has 1 aromatic heterocycles. The lowest BCUT2D eigenvalue weighted by atomic mass is 10.1. The first kappa shape index (κ1) is 8.36. The van der Waals surface area contributed by atoms with E-state index < -0.39 is 0 Å². The van der Waals surface area contributed by atoms with Gasteiger partial charge < -0.3 is 9.72 Å². The number of rotatable bonds is 1. The minimum atomic E-state index is 0.915. The van der Waals surface area contributed by atoms with Crippen LogP contribution in [0.1, 0.15) is 11.3 Å². The summed E-state index contributed by atoms with van der Waals surface area (Å²) in [5, 5.41) is 0. The number of para-hydroxylation sites is 1. The summed E-state index contributed by atoms with van der Waals surface area (Å²) in [6.45, 7) is 0. The Bertz CT molecular complexity index is 497. The second-order valence-electron chi connectivity index (χ2n) is 3.57. The van der Waals surface area contributed by atoms with Crippen LogP contribution < -0.4 is 4.74 Å². The first-order valence-electron chi connectivity index (χ1n) is 5.03. The summed E-state index contributed by atoms with van der Waals surface area (Å²) in [5.74, 6) is 1.88. The van der Waals surface area contributed by atoms with Crippen molar-refractivity contribution >= 4 is 5.76 Å². The van der Waals surface area contributed by atoms with Crippen LogP contribution in [0.3, 0.4) is 0 Å². The van der Waals surface area contributed by atoms with Crippen molar-refractivity contribution in [2.75, 3.05) is 0 Å². The number of hydrogen-bond donors (Lipinski definition) is 1. The van der Waals surface area contributed by atoms with Crippen LogP contribution in [-0.2, 0) is 6.42 Å². The number of H-pyrrole nitrogens is 1. The maximum atomic E-state index is 5.81. The van der Waals surface area contributed by atoms with Crippen LogP contribution in [0.25, 0.3) is 5.76 Å². The van der Waals surface area contributed by atoms with Crippen molar-refractivity contribution in [2.45, 2.75) is 6.42 Å². The Labute approximate surface area is 88.2 Å². The van der Waals surface area contributed by atoms with E-state index in [-0.39, 0.29) is 0 Å². The summed E-state index contributed by atoms with van der Waals surface area (Å²) in [7, 11) is 0. The molecule has 2 heterocycles. The van der Waals surface area contributed by atoms with Gasteiger partial charge >= 0.3 is 0 Å². The number of allylic oxidation sites excluding steroid dienone is 1. The van der Waals surface area contributed by atoms with Gasteiger partial charge in [0.2, 0.25) is 0 Å². The number of hydrogen-bond acceptors (Lipinski definition) is 1. The van der Waals surface area contributed by atoms with E-state index in [0.29, 0.717) is 0 Å². The molecule has 1 aromatic carbocycles. The van der Waals surface area contributed by atoms with Crippen LogP contribution in [0, 0.1) is 0 Å². The molecular weight excluding hydrogens is 186 g/mol. The molecule has 74 valence electrons. The van der Waals surface area contributed by atoms with Crippen molar-refractivity contribution in [2.24, 2.45) is 0 Å². The fourth-order valence-electron chi connectivity index (χ4n) is 1.78. The predicted octanol–water partition coefficient (Wildman–Crippen LogP) is 2.99. The maximum Gasteiger partial charge on any atom is 0.147 e. The van der Waals surface area contributed by atoms with E-state index in [0.717, 1.165) is 23.6 Å². The first-order valence-corrected chi connectivity index (χ1v) is 5.03. The van der Waals surface area contributed by atoms with Gasteiger partial charge in [0.05, 0.1) is 5.69 Å². The van der Waals surface area contributed by atoms with E-state index in [1.807, 2.05) is 36.5 Å². The zero-order chi connectivity index (χ0) is 10.1. The summed E-state index contributed by atoms with van der Waals surface area (Å²) in [4.78, 5) is 3.14. The Kier molecular flexibility index (Phi) is 1.85. The number of fused-ring (bicyclic) bond motifs is 1. The molecule has 0 aliphatic carbocycles. The Morgan fingerprint density at radius 1 is 1.07 bits per heavy atom. The monoisotopic (exact) mass is 197 g/mol. The standard InChI is InChI=1S/C13H11NO/c1-2-6-12-10(4-1)7-8-13(15-12)11-5-3-9-14-11/h1-6,8-9,14H,7H2. The summed E-state index contributed by atoms with van der Waals surface area (Å²) in [5.41, 5.74) is 2.28. The fraction of sp³-hybridized carbons (Fsp3) is 0.0769. The molecule has 0 unspecified atom stereocenters. The van der Waals surface area contributed by atoms with Gasteiger partial charge in [-0.3, -0.25) is 0 Å². The van der Waals surface area contributed by atoms with Gasteiger partial charge in [-0.15, -0.1) is 0 Å². The number of ether oxygens (including phenoxy) is 1. The van der Waals surface area contributed by atoms with Crippen molar-refractivity contribution in [1.82, 2.24) is 4.98 Å². The van der Waals surface area contributed by atoms with Gasteiger partial charge in [-0.05, 0) is 36.3 Å². The van der Waals surface area contributed by atoms with Crippen molar-refractivity contribution in [3.8, 4) is 5.75 Å². The molecule has 0 fully saturated rings. The highest BCUT2D eigenvalue weighted by Crippen LogP contribution is 2.29. The Morgan fingerprint density at radius 3 is 2.87 bits per heavy atom. The molecule has 2 heteroatoms. The van der Waals surface area contributed by atoms with E-state index in [1.54, 1.807) is 0 Å². The van der Waals surface area contributed by atoms with Gasteiger partial charge in [-0.1, -0.05) is 18.2 Å². The van der Waals surface area contributed by atoms with Gasteiger partial charge in [0.15, 0.2) is 0 Å². The smallest absolute Gasteiger partial charge is 0.147 e. The maximum absolute atomic E-state index is 5.81. The molecule has 15 heavy (non-hydrogen) atoms. The van der Waals surface area contributed by atoms with E-state index in [2.05, 4.69) is 17.1 Å². The molecule has 2 aromatic rings. The third-order valence-corrected chi connectivity index (χ3v) is 2.56. The van der Waals surface area contributed by atoms with Crippen molar-refractivity contribution in [3.63, 3.8) is 0 Å². The third-order valence-electron chi connectivity index (χ3n) is 2.56. The summed E-state index contributed by atoms with van der Waals surface area (Å²) < 4.78 is 5.81. The number of nitrogens with one attached hydrogen (secondary N) is 1. The van der Waals surface area contributed by atoms with Crippen molar-refractivity contribution in [3.05, 3.63) is 59.9 Å². The van der Waals surface area contributed by atoms with E-state index in [4.69, 9.17) is 4.74 Å². The lowest BCUT2D eigenvalue weighted by Gasteiger charge is -2.16. The highest BCUT2D eigenvalue weighted by molar-refractivity contribution is 5.62. The van der Waals surface area contributed by atoms with Crippen LogP contribution in [0.4, 0.5) is 0 Å². The highest BCUT2D eigenvalue weighted by atomic mass is 16.5. The van der Waals surface area contributed by atoms with E-state index >= 15 is 0 Å². The van der Waals surface area contributed by atoms with Crippen molar-refractivity contribution in [1.29, 1.82) is 0 Å². The van der Waals surface area contributed by atoms with Crippen LogP contribution >= 0.6 is 0 Å². The van der Waals surface area contributed by atoms with Crippen LogP contribution in [-0.4, -0.2) is 4.98 Å². The molecule has 0 radical (unpaired) electrons. The quantitative estimate of drug-likeness (QED) is 0.746. The lowest BCUT2D eigenvalue weighted by molar-refractivity contribution is 0.496. The summed E-state index contributed by atoms with van der Waals surface area (Å²) >= 11 is 0. The molecule has 1 aliphatic heterocycles. The first-order chi connectivity index (χ1) is 7.43. The zero-order valence-electron chi connectivity index (χ0n) is 8.23. The van der Waals surface area contributed by atoms with Gasteiger partial charge in [-0.2, -0.15) is 0 Å². The number of aromatic amines is 1. The van der Waals surface area contributed by atoms with Crippen LogP contribution in [0.15, 0.2) is 48.7 Å². The Balaban J connectivity index is 1.96. The predicted molar refractivity (Wildman–Crippen MR) is 59.5 cm³/mol. The normalized spacial score (nSPS) is 14.0. The molecule has 1 N–H and O–H groups in total. The lowest BCUT2D eigenvalue weighted by Crippen LogP contribution is -2.03. The zero-order valence-corrected chi connectivity index (χ0v) is 8.23. The highest BCUT2D eigenvalue weighted by Gasteiger charge is 2.13. The van der Waals surface area contributed by atoms with Crippen LogP contribution in [0.2, 0.25) is 0 Å². The number of aromatic nitrogens is 1. The largest absolute Gasteiger partial charge is 0.455 e. The average Bonchev–Trinajstić information content (AvgIpc) is 2.82. The molecule has 0 amide bonds. The number of benzene rings is 1. The van der Waals surface area contributed by atoms with Gasteiger partial charge in [0.1, 0.15) is 11.5 Å². The second-order valence-corrected chi connectivity index (χ2v) is 3.57. The molecule has 0 saturated carbocycles. The van der Waals surface area contributed by atoms with Gasteiger partial charge in [0.25, 0.3) is 0 Å². The second kappa shape index (κ2) is 3.31. The molecule has 0 atom stereocenters. The van der Waals surface area contributed by atoms with E-state index in [9.17, 15) is 0 Å². The molecule has 0 bridgehead atoms. The van der Waals surface area contributed by atoms with Crippen molar-refractivity contribution < 1.29 is 4.74 Å². The molecule has 0 saturated heterocycles. The molecule has 1 aliphatic rings. The summed E-state index contributed by atoms with van der Waals surface area (Å²) in [6.07, 6.45) is 4.94. The van der Waals surface area contributed by atoms with Gasteiger partial charge in [0, 0.05) is 6.20 Å². The van der Waals surface area contributed by atoms with Gasteiger partial charge in [-0.25, -0.2) is 0 Å². The molecule has 2 nitrogen and oxygen atoms in total. The fourth-order valence-corrected chi connectivity index (χ4v) is 1.78. The minimum Gasteiger partial charge on any atom is -0.455 e. The van der Waals surface area contributed by atoms with Crippen LogP contribution in [0.5, 0.6) is 5.75 Å². The topological polar surface area (TPSA) is 25.0 Å². The van der Waals surface area contributed by atoms with E-state index in [1.165, 1.54) is 5.56 Å². The minimum absolute atomic E-state index is 0.915. The third kappa shape index (κ3) is 1.44. The molecule has 0 spiro atoms. The Morgan fingerprint density at radius 2 is 2.00 bits per heavy atom. The average molecular weight is 197 g/mol. The summed E-state index contributed by atoms with van der Waals surface area (Å²) in [6, 6.07) is 12.1. The SMILES string of the molecule is C1=C(c2ccc[nH]2)Oc2ccccc2C1. The molecular formula is C13H11NO. The Hall–Kier alpha value is -1.96.